The summed E-state index contributed by atoms with van der Waals surface area (Å²) in [5, 5.41) is 0. The Balaban J connectivity index is 1.76. The van der Waals surface area contributed by atoms with Crippen LogP contribution >= 0.6 is 39.5 Å². The van der Waals surface area contributed by atoms with Gasteiger partial charge in [0.1, 0.15) is 0 Å². The normalized spacial score (nSPS) is 21.4. The minimum atomic E-state index is 0.386. The number of halogens is 1. The second-order valence-corrected chi connectivity index (χ2v) is 11.5. The van der Waals surface area contributed by atoms with Crippen LogP contribution in [0.2, 0.25) is 0 Å². The molecule has 0 saturated carbocycles. The summed E-state index contributed by atoms with van der Waals surface area (Å²) in [4.78, 5) is 0.386. The van der Waals surface area contributed by atoms with Crippen LogP contribution in [0.15, 0.2) is 84.5 Å². The van der Waals surface area contributed by atoms with Crippen molar-refractivity contribution in [2.45, 2.75) is 36.4 Å². The van der Waals surface area contributed by atoms with E-state index in [0.29, 0.717) is 28.5 Å². The van der Waals surface area contributed by atoms with E-state index in [0.717, 1.165) is 12.8 Å². The van der Waals surface area contributed by atoms with E-state index >= 15 is 0 Å². The van der Waals surface area contributed by atoms with Gasteiger partial charge >= 0.3 is 0 Å². The standard InChI is InChI=1S/C28H35BrS2/c1-21(22-10-6-4-7-11-22)16-26(23-12-8-5-9-13-23)18-28(29)24-14-15-25(19-30-2)27(17-24)20-31-3/h4-15,17,21,25-28H,16,18-20H2,1-3H3. The molecule has 3 heteroatoms. The molecule has 2 aromatic rings. The fourth-order valence-corrected chi connectivity index (χ4v) is 6.80. The van der Waals surface area contributed by atoms with Crippen molar-refractivity contribution < 1.29 is 0 Å². The molecule has 5 atom stereocenters. The first kappa shape index (κ1) is 24.7. The van der Waals surface area contributed by atoms with Crippen LogP contribution < -0.4 is 0 Å². The SMILES string of the molecule is CSCC1C=CC(C(Br)CC(CC(C)c2ccccc2)c2ccccc2)=CC1CSC. The van der Waals surface area contributed by atoms with Crippen LogP contribution in [0.4, 0.5) is 0 Å². The number of allylic oxidation sites excluding steroid dienone is 4. The summed E-state index contributed by atoms with van der Waals surface area (Å²) in [6.07, 6.45) is 14.1. The summed E-state index contributed by atoms with van der Waals surface area (Å²) in [6.45, 7) is 2.37. The molecule has 0 bridgehead atoms. The molecule has 0 aliphatic heterocycles. The molecule has 5 unspecified atom stereocenters. The topological polar surface area (TPSA) is 0 Å². The smallest absolute Gasteiger partial charge is 0.0398 e. The Morgan fingerprint density at radius 2 is 1.39 bits per heavy atom. The predicted octanol–water partition coefficient (Wildman–Crippen LogP) is 8.57. The Labute approximate surface area is 206 Å². The van der Waals surface area contributed by atoms with Crippen molar-refractivity contribution in [2.24, 2.45) is 11.8 Å². The first-order valence-electron chi connectivity index (χ1n) is 11.2. The Bertz CT molecular complexity index is 831. The number of thioether (sulfide) groups is 2. The van der Waals surface area contributed by atoms with Crippen molar-refractivity contribution >= 4 is 39.5 Å². The van der Waals surface area contributed by atoms with E-state index in [1.54, 1.807) is 0 Å². The summed E-state index contributed by atoms with van der Waals surface area (Å²) in [5.74, 6) is 4.77. The molecular weight excluding hydrogens is 480 g/mol. The number of benzene rings is 2. The zero-order valence-electron chi connectivity index (χ0n) is 18.9. The first-order chi connectivity index (χ1) is 15.1. The third-order valence-corrected chi connectivity index (χ3v) is 8.68. The summed E-state index contributed by atoms with van der Waals surface area (Å²) in [6, 6.07) is 22.1. The van der Waals surface area contributed by atoms with E-state index in [-0.39, 0.29) is 0 Å². The quantitative estimate of drug-likeness (QED) is 0.275. The molecule has 31 heavy (non-hydrogen) atoms. The van der Waals surface area contributed by atoms with Gasteiger partial charge in [-0.2, -0.15) is 23.5 Å². The van der Waals surface area contributed by atoms with Gasteiger partial charge < -0.3 is 0 Å². The lowest BCUT2D eigenvalue weighted by Crippen LogP contribution is -2.21. The molecule has 0 heterocycles. The third kappa shape index (κ3) is 7.30. The van der Waals surface area contributed by atoms with Gasteiger partial charge in [-0.15, -0.1) is 0 Å². The van der Waals surface area contributed by atoms with Crippen molar-refractivity contribution in [3.05, 3.63) is 95.6 Å². The third-order valence-electron chi connectivity index (χ3n) is 6.34. The molecule has 0 nitrogen and oxygen atoms in total. The Morgan fingerprint density at radius 1 is 0.806 bits per heavy atom. The first-order valence-corrected chi connectivity index (χ1v) is 14.9. The largest absolute Gasteiger partial charge is 0.165 e. The molecule has 1 aliphatic carbocycles. The minimum Gasteiger partial charge on any atom is -0.165 e. The maximum Gasteiger partial charge on any atom is 0.0398 e. The molecule has 0 aromatic heterocycles. The molecule has 2 aromatic carbocycles. The number of hydrogen-bond donors (Lipinski definition) is 0. The van der Waals surface area contributed by atoms with Crippen molar-refractivity contribution in [1.82, 2.24) is 0 Å². The monoisotopic (exact) mass is 514 g/mol. The van der Waals surface area contributed by atoms with Gasteiger partial charge in [-0.3, -0.25) is 0 Å². The predicted molar refractivity (Wildman–Crippen MR) is 147 cm³/mol. The molecule has 0 saturated heterocycles. The van der Waals surface area contributed by atoms with Crippen LogP contribution in [-0.2, 0) is 0 Å². The molecule has 0 fully saturated rings. The average Bonchev–Trinajstić information content (AvgIpc) is 2.81. The molecule has 0 radical (unpaired) electrons. The van der Waals surface area contributed by atoms with Gasteiger partial charge in [0.05, 0.1) is 0 Å². The number of alkyl halides is 1. The fraction of sp³-hybridized carbons (Fsp3) is 0.429. The van der Waals surface area contributed by atoms with E-state index in [1.165, 1.54) is 28.2 Å². The number of hydrogen-bond acceptors (Lipinski definition) is 2. The van der Waals surface area contributed by atoms with Gasteiger partial charge in [-0.05, 0) is 77.2 Å². The lowest BCUT2D eigenvalue weighted by atomic mass is 9.81. The lowest BCUT2D eigenvalue weighted by molar-refractivity contribution is 0.525. The van der Waals surface area contributed by atoms with E-state index in [9.17, 15) is 0 Å². The molecule has 166 valence electrons. The van der Waals surface area contributed by atoms with Gasteiger partial charge in [0.15, 0.2) is 0 Å². The Hall–Kier alpha value is -0.900. The Morgan fingerprint density at radius 3 is 2.00 bits per heavy atom. The van der Waals surface area contributed by atoms with Gasteiger partial charge in [0.2, 0.25) is 0 Å². The second kappa shape index (κ2) is 13.0. The van der Waals surface area contributed by atoms with Crippen molar-refractivity contribution in [3.8, 4) is 0 Å². The van der Waals surface area contributed by atoms with Crippen molar-refractivity contribution in [2.75, 3.05) is 24.0 Å². The minimum absolute atomic E-state index is 0.386. The average molecular weight is 516 g/mol. The number of rotatable bonds is 11. The molecule has 0 N–H and O–H groups in total. The summed E-state index contributed by atoms with van der Waals surface area (Å²) < 4.78 is 0. The lowest BCUT2D eigenvalue weighted by Gasteiger charge is -2.29. The highest BCUT2D eigenvalue weighted by molar-refractivity contribution is 9.09. The highest BCUT2D eigenvalue weighted by atomic mass is 79.9. The molecule has 1 aliphatic rings. The maximum atomic E-state index is 4.09. The summed E-state index contributed by atoms with van der Waals surface area (Å²) in [7, 11) is 0. The van der Waals surface area contributed by atoms with Crippen LogP contribution in [0.1, 0.15) is 42.7 Å². The van der Waals surface area contributed by atoms with E-state index < -0.39 is 0 Å². The molecule has 0 spiro atoms. The highest BCUT2D eigenvalue weighted by Gasteiger charge is 2.25. The van der Waals surface area contributed by atoms with Crippen LogP contribution in [0, 0.1) is 11.8 Å². The van der Waals surface area contributed by atoms with Gasteiger partial charge in [-0.25, -0.2) is 0 Å². The van der Waals surface area contributed by atoms with E-state index in [4.69, 9.17) is 0 Å². The Kier molecular flexibility index (Phi) is 10.3. The van der Waals surface area contributed by atoms with Crippen LogP contribution in [0.5, 0.6) is 0 Å². The maximum absolute atomic E-state index is 4.09. The van der Waals surface area contributed by atoms with Crippen LogP contribution in [0.25, 0.3) is 0 Å². The van der Waals surface area contributed by atoms with Gasteiger partial charge in [0.25, 0.3) is 0 Å². The van der Waals surface area contributed by atoms with Crippen LogP contribution in [0.3, 0.4) is 0 Å². The fourth-order valence-electron chi connectivity index (χ4n) is 4.57. The van der Waals surface area contributed by atoms with Crippen LogP contribution in [-0.4, -0.2) is 28.8 Å². The van der Waals surface area contributed by atoms with Gasteiger partial charge in [-0.1, -0.05) is 102 Å². The zero-order valence-corrected chi connectivity index (χ0v) is 22.1. The molecule has 0 amide bonds. The summed E-state index contributed by atoms with van der Waals surface area (Å²) >= 11 is 8.01. The zero-order chi connectivity index (χ0) is 22.1. The molecule has 3 rings (SSSR count). The second-order valence-electron chi connectivity index (χ2n) is 8.62. The van der Waals surface area contributed by atoms with Crippen molar-refractivity contribution in [1.29, 1.82) is 0 Å². The molecular formula is C28H35BrS2. The highest BCUT2D eigenvalue weighted by Crippen LogP contribution is 2.38. The summed E-state index contributed by atoms with van der Waals surface area (Å²) in [5.41, 5.74) is 4.35. The van der Waals surface area contributed by atoms with Crippen molar-refractivity contribution in [3.63, 3.8) is 0 Å². The van der Waals surface area contributed by atoms with Gasteiger partial charge in [0, 0.05) is 4.83 Å². The van der Waals surface area contributed by atoms with E-state index in [2.05, 4.69) is 114 Å². The van der Waals surface area contributed by atoms with E-state index in [1.807, 2.05) is 23.5 Å².